The average Bonchev–Trinajstić information content (AvgIpc) is 3.21. The van der Waals surface area contributed by atoms with Gasteiger partial charge in [-0.15, -0.1) is 0 Å². The summed E-state index contributed by atoms with van der Waals surface area (Å²) in [6.07, 6.45) is 1.66. The quantitative estimate of drug-likeness (QED) is 0.736. The topological polar surface area (TPSA) is 60.4 Å². The maximum absolute atomic E-state index is 10.5. The number of likely N-dealkylation sites (tertiary alicyclic amines) is 1. The number of hydrogen-bond acceptors (Lipinski definition) is 6. The van der Waals surface area contributed by atoms with Gasteiger partial charge in [0.25, 0.3) is 0 Å². The highest BCUT2D eigenvalue weighted by molar-refractivity contribution is 5.44. The Morgan fingerprint density at radius 3 is 2.83 bits per heavy atom. The Labute approximate surface area is 171 Å². The van der Waals surface area contributed by atoms with Crippen LogP contribution in [0, 0.1) is 0 Å². The molecule has 1 fully saturated rings. The highest BCUT2D eigenvalue weighted by Gasteiger charge is 2.28. The molecular formula is C23H29NO5. The molecular weight excluding hydrogens is 370 g/mol. The zero-order valence-electron chi connectivity index (χ0n) is 16.9. The third-order valence-corrected chi connectivity index (χ3v) is 5.52. The summed E-state index contributed by atoms with van der Waals surface area (Å²) in [5, 5.41) is 10.5. The van der Waals surface area contributed by atoms with Crippen molar-refractivity contribution >= 4 is 0 Å². The monoisotopic (exact) mass is 399 g/mol. The first kappa shape index (κ1) is 20.0. The smallest absolute Gasteiger partial charge is 0.161 e. The number of methoxy groups -OCH3 is 1. The molecule has 156 valence electrons. The van der Waals surface area contributed by atoms with E-state index in [4.69, 9.17) is 18.9 Å². The molecule has 2 aliphatic rings. The van der Waals surface area contributed by atoms with Crippen molar-refractivity contribution in [3.8, 4) is 17.2 Å². The van der Waals surface area contributed by atoms with Crippen LogP contribution >= 0.6 is 0 Å². The van der Waals surface area contributed by atoms with Crippen molar-refractivity contribution in [2.75, 3.05) is 40.0 Å². The molecule has 6 heteroatoms. The van der Waals surface area contributed by atoms with Gasteiger partial charge in [-0.05, 0) is 43.1 Å². The van der Waals surface area contributed by atoms with Crippen LogP contribution in [0.15, 0.2) is 42.5 Å². The number of benzene rings is 2. The second kappa shape index (κ2) is 9.48. The minimum absolute atomic E-state index is 0.287. The number of aliphatic hydroxyl groups is 1. The summed E-state index contributed by atoms with van der Waals surface area (Å²) in [7, 11) is 1.65. The lowest BCUT2D eigenvalue weighted by Gasteiger charge is -2.28. The Balaban J connectivity index is 1.31. The number of ether oxygens (including phenoxy) is 4. The first-order valence-electron chi connectivity index (χ1n) is 10.3. The molecule has 0 aromatic heterocycles. The standard InChI is InChI=1S/C23H29NO5/c1-26-21-7-3-2-5-18(21)15-27-16-19(25)14-24-10-4-6-20(24)17-8-9-22-23(13-17)29-12-11-28-22/h2-3,5,7-9,13,19-20,25H,4,6,10-12,14-16H2,1H3. The zero-order valence-corrected chi connectivity index (χ0v) is 16.9. The average molecular weight is 399 g/mol. The summed E-state index contributed by atoms with van der Waals surface area (Å²) >= 11 is 0. The molecule has 6 nitrogen and oxygen atoms in total. The fourth-order valence-electron chi connectivity index (χ4n) is 4.14. The van der Waals surface area contributed by atoms with E-state index in [1.807, 2.05) is 30.3 Å². The van der Waals surface area contributed by atoms with E-state index in [9.17, 15) is 5.11 Å². The molecule has 0 saturated carbocycles. The summed E-state index contributed by atoms with van der Waals surface area (Å²) < 4.78 is 22.5. The maximum atomic E-state index is 10.5. The predicted octanol–water partition coefficient (Wildman–Crippen LogP) is 3.18. The highest BCUT2D eigenvalue weighted by atomic mass is 16.6. The van der Waals surface area contributed by atoms with Crippen LogP contribution in [0.5, 0.6) is 17.2 Å². The normalized spacial score (nSPS) is 19.9. The third-order valence-electron chi connectivity index (χ3n) is 5.52. The van der Waals surface area contributed by atoms with Crippen molar-refractivity contribution < 1.29 is 24.1 Å². The van der Waals surface area contributed by atoms with E-state index in [2.05, 4.69) is 17.0 Å². The Morgan fingerprint density at radius 1 is 1.14 bits per heavy atom. The van der Waals surface area contributed by atoms with Gasteiger partial charge in [-0.1, -0.05) is 24.3 Å². The van der Waals surface area contributed by atoms with Gasteiger partial charge in [0, 0.05) is 18.2 Å². The molecule has 0 spiro atoms. The number of rotatable bonds is 8. The molecule has 0 radical (unpaired) electrons. The molecule has 2 atom stereocenters. The van der Waals surface area contributed by atoms with Crippen LogP contribution in [0.25, 0.3) is 0 Å². The van der Waals surface area contributed by atoms with Crippen molar-refractivity contribution in [1.29, 1.82) is 0 Å². The molecule has 2 aromatic rings. The van der Waals surface area contributed by atoms with E-state index in [0.717, 1.165) is 42.2 Å². The molecule has 0 aliphatic carbocycles. The first-order valence-corrected chi connectivity index (χ1v) is 10.3. The van der Waals surface area contributed by atoms with Crippen molar-refractivity contribution in [1.82, 2.24) is 4.90 Å². The van der Waals surface area contributed by atoms with Gasteiger partial charge >= 0.3 is 0 Å². The van der Waals surface area contributed by atoms with Gasteiger partial charge in [-0.2, -0.15) is 0 Å². The van der Waals surface area contributed by atoms with Crippen molar-refractivity contribution in [2.24, 2.45) is 0 Å². The van der Waals surface area contributed by atoms with Crippen molar-refractivity contribution in [3.63, 3.8) is 0 Å². The molecule has 2 aliphatic heterocycles. The maximum Gasteiger partial charge on any atom is 0.161 e. The second-order valence-electron chi connectivity index (χ2n) is 7.54. The second-order valence-corrected chi connectivity index (χ2v) is 7.54. The highest BCUT2D eigenvalue weighted by Crippen LogP contribution is 2.38. The van der Waals surface area contributed by atoms with Gasteiger partial charge < -0.3 is 24.1 Å². The van der Waals surface area contributed by atoms with Crippen LogP contribution in [-0.2, 0) is 11.3 Å². The molecule has 0 amide bonds. The third kappa shape index (κ3) is 4.83. The lowest BCUT2D eigenvalue weighted by atomic mass is 10.0. The lowest BCUT2D eigenvalue weighted by Crippen LogP contribution is -2.34. The van der Waals surface area contributed by atoms with E-state index in [1.165, 1.54) is 5.56 Å². The van der Waals surface area contributed by atoms with Gasteiger partial charge in [0.1, 0.15) is 19.0 Å². The molecule has 2 aromatic carbocycles. The van der Waals surface area contributed by atoms with Crippen LogP contribution < -0.4 is 14.2 Å². The van der Waals surface area contributed by atoms with Gasteiger partial charge in [0.05, 0.1) is 26.4 Å². The van der Waals surface area contributed by atoms with E-state index in [1.54, 1.807) is 7.11 Å². The molecule has 2 heterocycles. The van der Waals surface area contributed by atoms with Gasteiger partial charge in [0.15, 0.2) is 11.5 Å². The van der Waals surface area contributed by atoms with Gasteiger partial charge in [-0.3, -0.25) is 4.90 Å². The van der Waals surface area contributed by atoms with Crippen molar-refractivity contribution in [2.45, 2.75) is 31.6 Å². The van der Waals surface area contributed by atoms with Gasteiger partial charge in [-0.25, -0.2) is 0 Å². The van der Waals surface area contributed by atoms with Gasteiger partial charge in [0.2, 0.25) is 0 Å². The van der Waals surface area contributed by atoms with Crippen LogP contribution in [0.1, 0.15) is 30.0 Å². The number of fused-ring (bicyclic) bond motifs is 1. The summed E-state index contributed by atoms with van der Waals surface area (Å²) in [4.78, 5) is 2.34. The number of hydrogen-bond donors (Lipinski definition) is 1. The SMILES string of the molecule is COc1ccccc1COCC(O)CN1CCCC1c1ccc2c(c1)OCCO2. The first-order chi connectivity index (χ1) is 14.2. The fourth-order valence-corrected chi connectivity index (χ4v) is 4.14. The van der Waals surface area contributed by atoms with Crippen LogP contribution in [0.2, 0.25) is 0 Å². The Hall–Kier alpha value is -2.28. The van der Waals surface area contributed by atoms with Crippen molar-refractivity contribution in [3.05, 3.63) is 53.6 Å². The minimum Gasteiger partial charge on any atom is -0.496 e. The van der Waals surface area contributed by atoms with Crippen LogP contribution in [0.4, 0.5) is 0 Å². The predicted molar refractivity (Wildman–Crippen MR) is 110 cm³/mol. The number of para-hydroxylation sites is 1. The van der Waals surface area contributed by atoms with E-state index < -0.39 is 6.10 Å². The largest absolute Gasteiger partial charge is 0.496 e. The number of β-amino-alcohol motifs (C(OH)–C–C–N with tert-alkyl or cyclic N) is 1. The van der Waals surface area contributed by atoms with Crippen LogP contribution in [0.3, 0.4) is 0 Å². The summed E-state index contributed by atoms with van der Waals surface area (Å²) in [5.74, 6) is 2.44. The lowest BCUT2D eigenvalue weighted by molar-refractivity contribution is 0.00722. The fraction of sp³-hybridized carbons (Fsp3) is 0.478. The minimum atomic E-state index is -0.539. The number of nitrogens with zero attached hydrogens (tertiary/aromatic N) is 1. The summed E-state index contributed by atoms with van der Waals surface area (Å²) in [6, 6.07) is 14.3. The molecule has 0 bridgehead atoms. The Morgan fingerprint density at radius 2 is 1.97 bits per heavy atom. The molecule has 1 saturated heterocycles. The molecule has 1 N–H and O–H groups in total. The van der Waals surface area contributed by atoms with E-state index >= 15 is 0 Å². The zero-order chi connectivity index (χ0) is 20.1. The van der Waals surface area contributed by atoms with E-state index in [0.29, 0.717) is 33.0 Å². The summed E-state index contributed by atoms with van der Waals surface area (Å²) in [5.41, 5.74) is 2.20. The summed E-state index contributed by atoms with van der Waals surface area (Å²) in [6.45, 7) is 3.47. The molecule has 29 heavy (non-hydrogen) atoms. The van der Waals surface area contributed by atoms with E-state index in [-0.39, 0.29) is 6.04 Å². The molecule has 4 rings (SSSR count). The number of aliphatic hydroxyl groups excluding tert-OH is 1. The van der Waals surface area contributed by atoms with Crippen LogP contribution in [-0.4, -0.2) is 56.1 Å². The Bertz CT molecular complexity index is 812. The Kier molecular flexibility index (Phi) is 6.54. The molecule has 2 unspecified atom stereocenters.